The van der Waals surface area contributed by atoms with Gasteiger partial charge in [-0.2, -0.15) is 4.98 Å². The van der Waals surface area contributed by atoms with Crippen LogP contribution in [0.5, 0.6) is 0 Å². The first-order valence-corrected chi connectivity index (χ1v) is 5.40. The van der Waals surface area contributed by atoms with Crippen LogP contribution in [-0.4, -0.2) is 28.1 Å². The Kier molecular flexibility index (Phi) is 3.52. The molecule has 0 fully saturated rings. The van der Waals surface area contributed by atoms with Gasteiger partial charge in [-0.15, -0.1) is 0 Å². The number of pyridine rings is 1. The Morgan fingerprint density at radius 2 is 2.33 bits per heavy atom. The summed E-state index contributed by atoms with van der Waals surface area (Å²) in [6.45, 7) is 2.15. The molecule has 2 aromatic heterocycles. The minimum atomic E-state index is -0.229. The van der Waals surface area contributed by atoms with Gasteiger partial charge in [0.2, 0.25) is 5.89 Å². The quantitative estimate of drug-likeness (QED) is 0.828. The largest absolute Gasteiger partial charge is 0.376 e. The van der Waals surface area contributed by atoms with Crippen molar-refractivity contribution in [3.8, 4) is 0 Å². The van der Waals surface area contributed by atoms with Crippen LogP contribution in [0.2, 0.25) is 0 Å². The molecular weight excluding hydrogens is 234 g/mol. The third-order valence-electron chi connectivity index (χ3n) is 2.23. The number of hydrogen-bond donors (Lipinski definition) is 2. The molecule has 0 radical (unpaired) electrons. The SMILES string of the molecule is CNC(=O)c1cc(NCc2nc(C)no2)ccn1. The van der Waals surface area contributed by atoms with Crippen LogP contribution < -0.4 is 10.6 Å². The predicted molar refractivity (Wildman–Crippen MR) is 64.0 cm³/mol. The zero-order chi connectivity index (χ0) is 13.0. The number of nitrogens with zero attached hydrogens (tertiary/aromatic N) is 3. The van der Waals surface area contributed by atoms with Crippen LogP contribution in [0.25, 0.3) is 0 Å². The van der Waals surface area contributed by atoms with Crippen molar-refractivity contribution in [2.45, 2.75) is 13.5 Å². The van der Waals surface area contributed by atoms with E-state index in [9.17, 15) is 4.79 Å². The Morgan fingerprint density at radius 3 is 3.00 bits per heavy atom. The van der Waals surface area contributed by atoms with Gasteiger partial charge in [0.15, 0.2) is 5.82 Å². The lowest BCUT2D eigenvalue weighted by Gasteiger charge is -2.04. The number of amides is 1. The smallest absolute Gasteiger partial charge is 0.269 e. The lowest BCUT2D eigenvalue weighted by atomic mass is 10.3. The van der Waals surface area contributed by atoms with Crippen LogP contribution in [0, 0.1) is 6.92 Å². The molecule has 0 aliphatic rings. The van der Waals surface area contributed by atoms with Crippen molar-refractivity contribution in [3.05, 3.63) is 35.7 Å². The summed E-state index contributed by atoms with van der Waals surface area (Å²) in [6, 6.07) is 3.41. The van der Waals surface area contributed by atoms with Gasteiger partial charge < -0.3 is 15.2 Å². The molecule has 0 aliphatic heterocycles. The van der Waals surface area contributed by atoms with Crippen LogP contribution in [0.4, 0.5) is 5.69 Å². The maximum absolute atomic E-state index is 11.4. The monoisotopic (exact) mass is 247 g/mol. The second-order valence-electron chi connectivity index (χ2n) is 3.60. The van der Waals surface area contributed by atoms with Crippen LogP contribution >= 0.6 is 0 Å². The van der Waals surface area contributed by atoms with E-state index in [4.69, 9.17) is 4.52 Å². The first-order valence-electron chi connectivity index (χ1n) is 5.40. The van der Waals surface area contributed by atoms with E-state index in [2.05, 4.69) is 25.8 Å². The van der Waals surface area contributed by atoms with Crippen LogP contribution in [-0.2, 0) is 6.54 Å². The van der Waals surface area contributed by atoms with Gasteiger partial charge in [-0.1, -0.05) is 5.16 Å². The molecule has 0 aromatic carbocycles. The summed E-state index contributed by atoms with van der Waals surface area (Å²) >= 11 is 0. The van der Waals surface area contributed by atoms with Crippen molar-refractivity contribution < 1.29 is 9.32 Å². The highest BCUT2D eigenvalue weighted by molar-refractivity contribution is 5.92. The minimum Gasteiger partial charge on any atom is -0.376 e. The first-order chi connectivity index (χ1) is 8.69. The normalized spacial score (nSPS) is 10.1. The minimum absolute atomic E-state index is 0.229. The maximum atomic E-state index is 11.4. The molecule has 0 spiro atoms. The fraction of sp³-hybridized carbons (Fsp3) is 0.273. The Hall–Kier alpha value is -2.44. The Bertz CT molecular complexity index is 552. The van der Waals surface area contributed by atoms with E-state index >= 15 is 0 Å². The molecule has 18 heavy (non-hydrogen) atoms. The van der Waals surface area contributed by atoms with Crippen molar-refractivity contribution in [3.63, 3.8) is 0 Å². The van der Waals surface area contributed by atoms with Crippen LogP contribution in [0.15, 0.2) is 22.9 Å². The molecule has 0 saturated carbocycles. The number of nitrogens with one attached hydrogen (secondary N) is 2. The van der Waals surface area contributed by atoms with Gasteiger partial charge in [0.1, 0.15) is 5.69 Å². The number of aromatic nitrogens is 3. The molecule has 2 aromatic rings. The average Bonchev–Trinajstić information content (AvgIpc) is 2.81. The van der Waals surface area contributed by atoms with E-state index < -0.39 is 0 Å². The lowest BCUT2D eigenvalue weighted by molar-refractivity contribution is 0.0958. The summed E-state index contributed by atoms with van der Waals surface area (Å²) in [7, 11) is 1.56. The zero-order valence-corrected chi connectivity index (χ0v) is 10.1. The molecule has 0 saturated heterocycles. The van der Waals surface area contributed by atoms with Crippen molar-refractivity contribution in [2.75, 3.05) is 12.4 Å². The molecule has 0 aliphatic carbocycles. The van der Waals surface area contributed by atoms with E-state index in [1.165, 1.54) is 0 Å². The van der Waals surface area contributed by atoms with Gasteiger partial charge in [0.05, 0.1) is 6.54 Å². The Balaban J connectivity index is 2.03. The molecular formula is C11H13N5O2. The fourth-order valence-electron chi connectivity index (χ4n) is 1.38. The van der Waals surface area contributed by atoms with Gasteiger partial charge in [-0.25, -0.2) is 0 Å². The maximum Gasteiger partial charge on any atom is 0.269 e. The van der Waals surface area contributed by atoms with Gasteiger partial charge >= 0.3 is 0 Å². The molecule has 2 rings (SSSR count). The van der Waals surface area contributed by atoms with Gasteiger partial charge in [-0.05, 0) is 19.1 Å². The third kappa shape index (κ3) is 2.82. The molecule has 2 heterocycles. The molecule has 1 amide bonds. The summed E-state index contributed by atoms with van der Waals surface area (Å²) in [5.41, 5.74) is 1.11. The summed E-state index contributed by atoms with van der Waals surface area (Å²) in [6.07, 6.45) is 1.56. The van der Waals surface area contributed by atoms with Crippen molar-refractivity contribution in [2.24, 2.45) is 0 Å². The molecule has 7 nitrogen and oxygen atoms in total. The van der Waals surface area contributed by atoms with Crippen molar-refractivity contribution >= 4 is 11.6 Å². The molecule has 94 valence electrons. The van der Waals surface area contributed by atoms with E-state index in [0.717, 1.165) is 5.69 Å². The number of carbonyl (C=O) groups is 1. The highest BCUT2D eigenvalue weighted by Crippen LogP contribution is 2.09. The average molecular weight is 247 g/mol. The van der Waals surface area contributed by atoms with Gasteiger partial charge in [-0.3, -0.25) is 9.78 Å². The third-order valence-corrected chi connectivity index (χ3v) is 2.23. The molecule has 0 atom stereocenters. The number of hydrogen-bond acceptors (Lipinski definition) is 6. The van der Waals surface area contributed by atoms with Crippen molar-refractivity contribution in [1.82, 2.24) is 20.4 Å². The molecule has 7 heteroatoms. The highest BCUT2D eigenvalue weighted by Gasteiger charge is 2.06. The number of carbonyl (C=O) groups excluding carboxylic acids is 1. The topological polar surface area (TPSA) is 92.9 Å². The van der Waals surface area contributed by atoms with Gasteiger partial charge in [0, 0.05) is 18.9 Å². The summed E-state index contributed by atoms with van der Waals surface area (Å²) < 4.78 is 4.97. The van der Waals surface area contributed by atoms with E-state index in [0.29, 0.717) is 24.0 Å². The summed E-state index contributed by atoms with van der Waals surface area (Å²) in [5, 5.41) is 9.28. The number of rotatable bonds is 4. The number of anilines is 1. The van der Waals surface area contributed by atoms with Crippen LogP contribution in [0.3, 0.4) is 0 Å². The van der Waals surface area contributed by atoms with E-state index in [1.807, 2.05) is 0 Å². The molecule has 2 N–H and O–H groups in total. The highest BCUT2D eigenvalue weighted by atomic mass is 16.5. The molecule has 0 unspecified atom stereocenters. The van der Waals surface area contributed by atoms with Crippen molar-refractivity contribution in [1.29, 1.82) is 0 Å². The fourth-order valence-corrected chi connectivity index (χ4v) is 1.38. The van der Waals surface area contributed by atoms with E-state index in [1.54, 1.807) is 32.3 Å². The second kappa shape index (κ2) is 5.26. The summed E-state index contributed by atoms with van der Waals surface area (Å²) in [5.74, 6) is 0.852. The Labute approximate surface area is 104 Å². The lowest BCUT2D eigenvalue weighted by Crippen LogP contribution is -2.19. The van der Waals surface area contributed by atoms with E-state index in [-0.39, 0.29) is 5.91 Å². The molecule has 0 bridgehead atoms. The zero-order valence-electron chi connectivity index (χ0n) is 10.1. The number of aryl methyl sites for hydroxylation is 1. The Morgan fingerprint density at radius 1 is 1.50 bits per heavy atom. The second-order valence-corrected chi connectivity index (χ2v) is 3.60. The van der Waals surface area contributed by atoms with Crippen LogP contribution in [0.1, 0.15) is 22.2 Å². The standard InChI is InChI=1S/C11H13N5O2/c1-7-15-10(18-16-7)6-14-8-3-4-13-9(5-8)11(17)12-2/h3-5H,6H2,1-2H3,(H,12,17)(H,13,14). The predicted octanol–water partition coefficient (Wildman–Crippen LogP) is 0.745. The van der Waals surface area contributed by atoms with Gasteiger partial charge in [0.25, 0.3) is 5.91 Å². The summed E-state index contributed by atoms with van der Waals surface area (Å²) in [4.78, 5) is 19.4. The first kappa shape index (κ1) is 12.0.